The zero-order valence-electron chi connectivity index (χ0n) is 14.3. The highest BCUT2D eigenvalue weighted by Gasteiger charge is 2.25. The van der Waals surface area contributed by atoms with E-state index >= 15 is 0 Å². The number of nitrogens with zero attached hydrogens (tertiary/aromatic N) is 2. The number of hydrogen-bond donors (Lipinski definition) is 2. The molecule has 2 N–H and O–H groups in total. The highest BCUT2D eigenvalue weighted by Crippen LogP contribution is 2.19. The van der Waals surface area contributed by atoms with Crippen molar-refractivity contribution in [1.82, 2.24) is 10.2 Å². The molecule has 0 bridgehead atoms. The van der Waals surface area contributed by atoms with Crippen LogP contribution in [0.5, 0.6) is 0 Å². The lowest BCUT2D eigenvalue weighted by molar-refractivity contribution is -0.112. The molecule has 7 nitrogen and oxygen atoms in total. The summed E-state index contributed by atoms with van der Waals surface area (Å²) >= 11 is 0. The van der Waals surface area contributed by atoms with Crippen LogP contribution in [-0.4, -0.2) is 43.9 Å². The first-order valence-electron chi connectivity index (χ1n) is 8.07. The molecule has 0 saturated heterocycles. The van der Waals surface area contributed by atoms with E-state index in [4.69, 9.17) is 0 Å². The number of halogens is 1. The van der Waals surface area contributed by atoms with Gasteiger partial charge in [0.1, 0.15) is 5.84 Å². The summed E-state index contributed by atoms with van der Waals surface area (Å²) in [4.78, 5) is 14.2. The molecule has 2 aliphatic heterocycles. The lowest BCUT2D eigenvalue weighted by atomic mass is 10.1. The first kappa shape index (κ1) is 20.2. The Labute approximate surface area is 159 Å². The highest BCUT2D eigenvalue weighted by atomic mass is 35.5. The van der Waals surface area contributed by atoms with E-state index < -0.39 is 10.0 Å². The zero-order chi connectivity index (χ0) is 17.9. The first-order valence-corrected chi connectivity index (χ1v) is 9.68. The van der Waals surface area contributed by atoms with Crippen molar-refractivity contribution in [3.63, 3.8) is 0 Å². The third-order valence-electron chi connectivity index (χ3n) is 3.92. The van der Waals surface area contributed by atoms with Gasteiger partial charge < -0.3 is 15.5 Å². The Hall–Kier alpha value is -2.16. The zero-order valence-corrected chi connectivity index (χ0v) is 15.9. The summed E-state index contributed by atoms with van der Waals surface area (Å²) in [7, 11) is -3.40. The van der Waals surface area contributed by atoms with Crippen molar-refractivity contribution in [2.24, 2.45) is 4.40 Å². The predicted octanol–water partition coefficient (Wildman–Crippen LogP) is 1.65. The van der Waals surface area contributed by atoms with Crippen LogP contribution in [0.3, 0.4) is 0 Å². The normalized spacial score (nSPS) is 17.5. The van der Waals surface area contributed by atoms with Gasteiger partial charge in [-0.05, 0) is 30.3 Å². The number of rotatable bonds is 5. The van der Waals surface area contributed by atoms with Crippen molar-refractivity contribution in [2.45, 2.75) is 13.5 Å². The molecule has 3 rings (SSSR count). The molecule has 26 heavy (non-hydrogen) atoms. The Morgan fingerprint density at radius 2 is 2.04 bits per heavy atom. The fourth-order valence-electron chi connectivity index (χ4n) is 2.59. The van der Waals surface area contributed by atoms with E-state index in [9.17, 15) is 13.2 Å². The summed E-state index contributed by atoms with van der Waals surface area (Å²) in [5.41, 5.74) is 2.21. The fourth-order valence-corrected chi connectivity index (χ4v) is 3.56. The van der Waals surface area contributed by atoms with Gasteiger partial charge in [-0.15, -0.1) is 16.8 Å². The number of anilines is 1. The standard InChI is InChI=1S/C17H20N4O3S.ClH/c1-2-18-11-13-5-3-4-6-15(13)19-17(22)14-7-8-16-20-25(23,24)10-9-21(16)12-14;/h3-8,12,18H,2,9-11H2,1H3,(H,19,22);1H. The Morgan fingerprint density at radius 1 is 1.27 bits per heavy atom. The van der Waals surface area contributed by atoms with Crippen LogP contribution in [0.1, 0.15) is 12.5 Å². The van der Waals surface area contributed by atoms with Gasteiger partial charge in [-0.1, -0.05) is 25.1 Å². The molecule has 2 heterocycles. The van der Waals surface area contributed by atoms with Crippen LogP contribution in [0.2, 0.25) is 0 Å². The average molecular weight is 397 g/mol. The smallest absolute Gasteiger partial charge is 0.257 e. The molecule has 0 atom stereocenters. The van der Waals surface area contributed by atoms with Gasteiger partial charge in [0.2, 0.25) is 0 Å². The van der Waals surface area contributed by atoms with Gasteiger partial charge in [0, 0.05) is 25.0 Å². The SMILES string of the molecule is CCNCc1ccccc1NC(=O)C1=CN2CCS(=O)(=O)N=C2C=C1.Cl. The van der Waals surface area contributed by atoms with Gasteiger partial charge in [-0.3, -0.25) is 4.79 Å². The topological polar surface area (TPSA) is 90.9 Å². The van der Waals surface area contributed by atoms with Crippen molar-refractivity contribution < 1.29 is 13.2 Å². The maximum Gasteiger partial charge on any atom is 0.257 e. The minimum Gasteiger partial charge on any atom is -0.330 e. The molecule has 1 aromatic rings. The van der Waals surface area contributed by atoms with Crippen molar-refractivity contribution in [3.8, 4) is 0 Å². The van der Waals surface area contributed by atoms with Crippen molar-refractivity contribution in [2.75, 3.05) is 24.2 Å². The van der Waals surface area contributed by atoms with Gasteiger partial charge in [0.15, 0.2) is 0 Å². The van der Waals surface area contributed by atoms with E-state index in [1.54, 1.807) is 23.3 Å². The van der Waals surface area contributed by atoms with Crippen LogP contribution >= 0.6 is 12.4 Å². The largest absolute Gasteiger partial charge is 0.330 e. The molecule has 9 heteroatoms. The number of carbonyl (C=O) groups is 1. The molecule has 0 saturated carbocycles. The Morgan fingerprint density at radius 3 is 2.81 bits per heavy atom. The van der Waals surface area contributed by atoms with Crippen LogP contribution in [-0.2, 0) is 21.4 Å². The number of amides is 1. The van der Waals surface area contributed by atoms with Gasteiger partial charge in [0.05, 0.1) is 11.3 Å². The van der Waals surface area contributed by atoms with Crippen LogP contribution in [0.15, 0.2) is 52.6 Å². The number of fused-ring (bicyclic) bond motifs is 1. The Balaban J connectivity index is 0.00000243. The van der Waals surface area contributed by atoms with Gasteiger partial charge >= 0.3 is 0 Å². The third-order valence-corrected chi connectivity index (χ3v) is 5.08. The van der Waals surface area contributed by atoms with Crippen LogP contribution in [0.25, 0.3) is 0 Å². The minimum atomic E-state index is -3.40. The summed E-state index contributed by atoms with van der Waals surface area (Å²) in [5.74, 6) is 0.0457. The van der Waals surface area contributed by atoms with Crippen LogP contribution in [0, 0.1) is 0 Å². The van der Waals surface area contributed by atoms with Crippen molar-refractivity contribution >= 4 is 39.9 Å². The van der Waals surface area contributed by atoms with Gasteiger partial charge in [-0.25, -0.2) is 8.42 Å². The number of sulfonamides is 1. The maximum absolute atomic E-state index is 12.6. The second-order valence-electron chi connectivity index (χ2n) is 5.74. The van der Waals surface area contributed by atoms with E-state index in [1.807, 2.05) is 31.2 Å². The molecule has 0 aromatic heterocycles. The van der Waals surface area contributed by atoms with E-state index in [-0.39, 0.29) is 24.1 Å². The van der Waals surface area contributed by atoms with Crippen LogP contribution in [0.4, 0.5) is 5.69 Å². The Kier molecular flexibility index (Phi) is 6.57. The third kappa shape index (κ3) is 4.72. The molecular weight excluding hydrogens is 376 g/mol. The number of para-hydroxylation sites is 1. The lowest BCUT2D eigenvalue weighted by Crippen LogP contribution is -2.37. The molecule has 0 spiro atoms. The highest BCUT2D eigenvalue weighted by molar-refractivity contribution is 7.90. The summed E-state index contributed by atoms with van der Waals surface area (Å²) in [6, 6.07) is 7.62. The predicted molar refractivity (Wildman–Crippen MR) is 105 cm³/mol. The number of nitrogens with one attached hydrogen (secondary N) is 2. The first-order chi connectivity index (χ1) is 12.0. The van der Waals surface area contributed by atoms with Crippen LogP contribution < -0.4 is 10.6 Å². The summed E-state index contributed by atoms with van der Waals surface area (Å²) < 4.78 is 26.8. The number of hydrogen-bond acceptors (Lipinski definition) is 5. The number of amidine groups is 1. The monoisotopic (exact) mass is 396 g/mol. The molecule has 1 aromatic carbocycles. The minimum absolute atomic E-state index is 0. The molecule has 140 valence electrons. The quantitative estimate of drug-likeness (QED) is 0.789. The Bertz CT molecular complexity index is 878. The molecule has 0 unspecified atom stereocenters. The molecule has 0 fully saturated rings. The maximum atomic E-state index is 12.6. The second kappa shape index (κ2) is 8.48. The molecule has 1 amide bonds. The number of benzene rings is 1. The molecular formula is C17H21ClN4O3S. The van der Waals surface area contributed by atoms with E-state index in [1.165, 1.54) is 0 Å². The summed E-state index contributed by atoms with van der Waals surface area (Å²) in [6.45, 7) is 3.83. The molecule has 0 aliphatic carbocycles. The van der Waals surface area contributed by atoms with E-state index in [2.05, 4.69) is 15.0 Å². The molecule has 2 aliphatic rings. The average Bonchev–Trinajstić information content (AvgIpc) is 2.59. The summed E-state index contributed by atoms with van der Waals surface area (Å²) in [5, 5.41) is 6.16. The fraction of sp³-hybridized carbons (Fsp3) is 0.294. The van der Waals surface area contributed by atoms with Gasteiger partial charge in [0.25, 0.3) is 15.9 Å². The summed E-state index contributed by atoms with van der Waals surface area (Å²) in [6.07, 6.45) is 4.77. The number of carbonyl (C=O) groups excluding carboxylic acids is 1. The second-order valence-corrected chi connectivity index (χ2v) is 7.49. The van der Waals surface area contributed by atoms with Crippen molar-refractivity contribution in [1.29, 1.82) is 0 Å². The lowest BCUT2D eigenvalue weighted by Gasteiger charge is -2.27. The molecule has 0 radical (unpaired) electrons. The van der Waals surface area contributed by atoms with Gasteiger partial charge in [-0.2, -0.15) is 0 Å². The van der Waals surface area contributed by atoms with Crippen molar-refractivity contribution in [3.05, 3.63) is 53.8 Å². The van der Waals surface area contributed by atoms with E-state index in [0.717, 1.165) is 17.8 Å². The van der Waals surface area contributed by atoms with E-state index in [0.29, 0.717) is 24.5 Å².